The molecule has 7 nitrogen and oxygen atoms in total. The van der Waals surface area contributed by atoms with Gasteiger partial charge < -0.3 is 30.9 Å². The minimum Gasteiger partial charge on any atom is -0.507 e. The fraction of sp³-hybridized carbons (Fsp3) is 0.286. The van der Waals surface area contributed by atoms with Gasteiger partial charge in [-0.05, 0) is 30.4 Å². The standard InChI is InChI=1S/C21H27N5O2/c1-4-20(28)25-9-10-26(2,3)18(13-25)17-12-14(21(23)24-17)11-16(22)15-7-5-6-8-19(15)27/h4-8,11-12,18,24H,1,9-10,13,22-23H2,2-3H3/p+1/b16-11-. The molecule has 1 aliphatic rings. The van der Waals surface area contributed by atoms with Gasteiger partial charge in [-0.1, -0.05) is 18.7 Å². The predicted octanol–water partition coefficient (Wildman–Crippen LogP) is 1.90. The van der Waals surface area contributed by atoms with Crippen molar-refractivity contribution in [2.24, 2.45) is 5.73 Å². The van der Waals surface area contributed by atoms with Gasteiger partial charge in [0.1, 0.15) is 17.6 Å². The number of hydrogen-bond donors (Lipinski definition) is 4. The van der Waals surface area contributed by atoms with Crippen LogP contribution in [0.3, 0.4) is 0 Å². The van der Waals surface area contributed by atoms with Crippen LogP contribution in [0.15, 0.2) is 43.0 Å². The van der Waals surface area contributed by atoms with Crippen molar-refractivity contribution < 1.29 is 14.4 Å². The van der Waals surface area contributed by atoms with E-state index in [1.54, 1.807) is 24.3 Å². The van der Waals surface area contributed by atoms with E-state index >= 15 is 0 Å². The molecule has 6 N–H and O–H groups in total. The Labute approximate surface area is 165 Å². The molecule has 1 aromatic heterocycles. The molecular weight excluding hydrogens is 354 g/mol. The number of carbonyl (C=O) groups is 1. The van der Waals surface area contributed by atoms with Crippen molar-refractivity contribution in [2.75, 3.05) is 39.5 Å². The third-order valence-electron chi connectivity index (χ3n) is 5.46. The van der Waals surface area contributed by atoms with Gasteiger partial charge in [-0.2, -0.15) is 0 Å². The average molecular weight is 382 g/mol. The van der Waals surface area contributed by atoms with Crippen molar-refractivity contribution in [1.29, 1.82) is 0 Å². The maximum atomic E-state index is 12.1. The summed E-state index contributed by atoms with van der Waals surface area (Å²) in [6.07, 6.45) is 3.10. The van der Waals surface area contributed by atoms with E-state index in [0.717, 1.165) is 22.3 Å². The van der Waals surface area contributed by atoms with E-state index in [4.69, 9.17) is 11.5 Å². The van der Waals surface area contributed by atoms with Crippen LogP contribution < -0.4 is 11.5 Å². The molecule has 7 heteroatoms. The monoisotopic (exact) mass is 382 g/mol. The molecule has 1 aromatic carbocycles. The molecule has 0 radical (unpaired) electrons. The van der Waals surface area contributed by atoms with Crippen LogP contribution in [-0.4, -0.2) is 59.1 Å². The topological polar surface area (TPSA) is 108 Å². The second kappa shape index (κ2) is 7.44. The van der Waals surface area contributed by atoms with Crippen LogP contribution in [0, 0.1) is 0 Å². The van der Waals surface area contributed by atoms with Gasteiger partial charge in [-0.25, -0.2) is 0 Å². The van der Waals surface area contributed by atoms with Crippen molar-refractivity contribution in [3.05, 3.63) is 59.8 Å². The Kier molecular flexibility index (Phi) is 5.20. The van der Waals surface area contributed by atoms with Gasteiger partial charge in [0.05, 0.1) is 39.4 Å². The lowest BCUT2D eigenvalue weighted by Gasteiger charge is -2.45. The number of nitrogens with zero attached hydrogens (tertiary/aromatic N) is 2. The number of hydrogen-bond acceptors (Lipinski definition) is 4. The molecule has 0 spiro atoms. The number of nitrogens with one attached hydrogen (secondary N) is 1. The Hall–Kier alpha value is -3.19. The number of likely N-dealkylation sites (N-methyl/N-ethyl adjacent to an activating group) is 1. The van der Waals surface area contributed by atoms with Gasteiger partial charge >= 0.3 is 0 Å². The van der Waals surface area contributed by atoms with Gasteiger partial charge in [0.15, 0.2) is 0 Å². The third kappa shape index (κ3) is 3.75. The van der Waals surface area contributed by atoms with Crippen molar-refractivity contribution >= 4 is 23.5 Å². The number of benzene rings is 1. The van der Waals surface area contributed by atoms with Crippen LogP contribution in [0.25, 0.3) is 11.8 Å². The number of H-pyrrole nitrogens is 1. The van der Waals surface area contributed by atoms with Gasteiger partial charge in [0, 0.05) is 16.8 Å². The Morgan fingerprint density at radius 2 is 2.11 bits per heavy atom. The smallest absolute Gasteiger partial charge is 0.246 e. The SMILES string of the molecule is C=CC(=O)N1CC[N+](C)(C)C(c2cc(/C=C(\N)c3ccccc3O)c(N)[nH]2)C1. The molecule has 2 aromatic rings. The van der Waals surface area contributed by atoms with Crippen molar-refractivity contribution in [3.63, 3.8) is 0 Å². The lowest BCUT2D eigenvalue weighted by Crippen LogP contribution is -2.57. The zero-order valence-corrected chi connectivity index (χ0v) is 16.4. The highest BCUT2D eigenvalue weighted by Gasteiger charge is 2.38. The number of aromatic amines is 1. The summed E-state index contributed by atoms with van der Waals surface area (Å²) in [6.45, 7) is 5.69. The molecule has 3 rings (SSSR count). The van der Waals surface area contributed by atoms with Crippen LogP contribution in [0.1, 0.15) is 22.9 Å². The number of amides is 1. The lowest BCUT2D eigenvalue weighted by molar-refractivity contribution is -0.925. The van der Waals surface area contributed by atoms with E-state index in [0.29, 0.717) is 30.2 Å². The molecule has 0 aliphatic carbocycles. The number of aromatic hydroxyl groups is 1. The first-order chi connectivity index (χ1) is 13.2. The quantitative estimate of drug-likeness (QED) is 0.478. The summed E-state index contributed by atoms with van der Waals surface area (Å²) in [5.41, 5.74) is 15.1. The largest absolute Gasteiger partial charge is 0.507 e. The normalized spacial score (nSPS) is 19.4. The number of phenols is 1. The van der Waals surface area contributed by atoms with Gasteiger partial charge in [0.25, 0.3) is 0 Å². The molecule has 28 heavy (non-hydrogen) atoms. The average Bonchev–Trinajstić information content (AvgIpc) is 3.01. The summed E-state index contributed by atoms with van der Waals surface area (Å²) in [5.74, 6) is 0.558. The van der Waals surface area contributed by atoms with Crippen LogP contribution in [0.5, 0.6) is 5.75 Å². The highest BCUT2D eigenvalue weighted by Crippen LogP contribution is 2.32. The van der Waals surface area contributed by atoms with E-state index in [2.05, 4.69) is 25.7 Å². The number of anilines is 1. The molecule has 0 bridgehead atoms. The van der Waals surface area contributed by atoms with Crippen molar-refractivity contribution in [3.8, 4) is 5.75 Å². The van der Waals surface area contributed by atoms with Crippen LogP contribution in [0.4, 0.5) is 5.82 Å². The summed E-state index contributed by atoms with van der Waals surface area (Å²) in [6, 6.07) is 8.92. The third-order valence-corrected chi connectivity index (χ3v) is 5.46. The highest BCUT2D eigenvalue weighted by molar-refractivity contribution is 5.87. The zero-order valence-electron chi connectivity index (χ0n) is 16.4. The fourth-order valence-electron chi connectivity index (χ4n) is 3.63. The molecule has 1 aliphatic heterocycles. The number of nitrogens with two attached hydrogens (primary N) is 2. The number of rotatable bonds is 4. The molecule has 1 saturated heterocycles. The van der Waals surface area contributed by atoms with Crippen LogP contribution in [-0.2, 0) is 4.79 Å². The summed E-state index contributed by atoms with van der Waals surface area (Å²) < 4.78 is 0.735. The Morgan fingerprint density at radius 3 is 2.79 bits per heavy atom. The van der Waals surface area contributed by atoms with Crippen molar-refractivity contribution in [2.45, 2.75) is 6.04 Å². The van der Waals surface area contributed by atoms with Crippen LogP contribution >= 0.6 is 0 Å². The minimum atomic E-state index is -0.0619. The number of nitrogen functional groups attached to an aromatic ring is 1. The molecule has 0 saturated carbocycles. The van der Waals surface area contributed by atoms with Gasteiger partial charge in [0.2, 0.25) is 5.91 Å². The number of para-hydroxylation sites is 1. The van der Waals surface area contributed by atoms with E-state index in [-0.39, 0.29) is 17.7 Å². The number of quaternary nitrogens is 1. The molecule has 1 unspecified atom stereocenters. The Bertz CT molecular complexity index is 929. The summed E-state index contributed by atoms with van der Waals surface area (Å²) in [7, 11) is 4.28. The number of aromatic nitrogens is 1. The van der Waals surface area contributed by atoms with E-state index in [9.17, 15) is 9.90 Å². The fourth-order valence-corrected chi connectivity index (χ4v) is 3.63. The Morgan fingerprint density at radius 1 is 1.39 bits per heavy atom. The maximum absolute atomic E-state index is 12.1. The molecule has 1 atom stereocenters. The first-order valence-corrected chi connectivity index (χ1v) is 9.21. The molecule has 2 heterocycles. The minimum absolute atomic E-state index is 0.0495. The summed E-state index contributed by atoms with van der Waals surface area (Å²) in [5, 5.41) is 10.0. The zero-order chi connectivity index (χ0) is 20.5. The first-order valence-electron chi connectivity index (χ1n) is 9.21. The second-order valence-corrected chi connectivity index (χ2v) is 7.72. The molecule has 148 valence electrons. The lowest BCUT2D eigenvalue weighted by atomic mass is 10.0. The Balaban J connectivity index is 1.92. The highest BCUT2D eigenvalue weighted by atomic mass is 16.3. The van der Waals surface area contributed by atoms with E-state index in [1.807, 2.05) is 17.0 Å². The van der Waals surface area contributed by atoms with Gasteiger partial charge in [-0.3, -0.25) is 4.79 Å². The number of carbonyl (C=O) groups excluding carboxylic acids is 1. The van der Waals surface area contributed by atoms with Crippen molar-refractivity contribution in [1.82, 2.24) is 9.88 Å². The molecular formula is C21H28N5O2+. The molecule has 1 fully saturated rings. The van der Waals surface area contributed by atoms with Crippen LogP contribution in [0.2, 0.25) is 0 Å². The van der Waals surface area contributed by atoms with E-state index < -0.39 is 0 Å². The van der Waals surface area contributed by atoms with Gasteiger partial charge in [-0.15, -0.1) is 0 Å². The number of piperazine rings is 1. The first kappa shape index (κ1) is 19.6. The predicted molar refractivity (Wildman–Crippen MR) is 112 cm³/mol. The summed E-state index contributed by atoms with van der Waals surface area (Å²) >= 11 is 0. The second-order valence-electron chi connectivity index (χ2n) is 7.72. The molecule has 1 amide bonds. The number of phenolic OH excluding ortho intramolecular Hbond substituents is 1. The maximum Gasteiger partial charge on any atom is 0.246 e. The van der Waals surface area contributed by atoms with E-state index in [1.165, 1.54) is 6.08 Å². The summed E-state index contributed by atoms with van der Waals surface area (Å²) in [4.78, 5) is 17.1.